The van der Waals surface area contributed by atoms with Gasteiger partial charge in [-0.3, -0.25) is 19.8 Å². The fourth-order valence-electron chi connectivity index (χ4n) is 0.358. The number of aromatic amines is 2. The molecular formula is C4H4N2NiO2. The molecule has 1 heterocycles. The van der Waals surface area contributed by atoms with Crippen molar-refractivity contribution in [2.75, 3.05) is 0 Å². The van der Waals surface area contributed by atoms with Crippen molar-refractivity contribution < 1.29 is 16.5 Å². The molecule has 1 rings (SSSR count). The minimum absolute atomic E-state index is 0. The molecule has 5 heteroatoms. The first-order valence-electron chi connectivity index (χ1n) is 2.07. The average molecular weight is 171 g/mol. The Kier molecular flexibility index (Phi) is 2.95. The summed E-state index contributed by atoms with van der Waals surface area (Å²) in [5, 5.41) is 4.21. The van der Waals surface area contributed by atoms with Gasteiger partial charge in [0.1, 0.15) is 0 Å². The second kappa shape index (κ2) is 3.25. The Morgan fingerprint density at radius 2 is 1.33 bits per heavy atom. The summed E-state index contributed by atoms with van der Waals surface area (Å²) in [7, 11) is 0. The molecule has 0 fully saturated rings. The number of aromatic nitrogens is 2. The summed E-state index contributed by atoms with van der Waals surface area (Å²) in [4.78, 5) is 20.4. The number of nitrogens with one attached hydrogen (secondary N) is 2. The van der Waals surface area contributed by atoms with Gasteiger partial charge in [0.2, 0.25) is 0 Å². The van der Waals surface area contributed by atoms with Gasteiger partial charge in [0, 0.05) is 28.6 Å². The number of hydrogen-bond donors (Lipinski definition) is 2. The molecule has 0 unspecified atom stereocenters. The van der Waals surface area contributed by atoms with Gasteiger partial charge in [-0.2, -0.15) is 0 Å². The Balaban J connectivity index is 0.000000640. The second-order valence-corrected chi connectivity index (χ2v) is 1.31. The van der Waals surface area contributed by atoms with Gasteiger partial charge in [-0.1, -0.05) is 0 Å². The molecule has 0 bridgehead atoms. The van der Waals surface area contributed by atoms with Crippen LogP contribution in [0.15, 0.2) is 21.7 Å². The van der Waals surface area contributed by atoms with Crippen LogP contribution in [0.1, 0.15) is 0 Å². The normalized spacial score (nSPS) is 8.00. The van der Waals surface area contributed by atoms with Crippen molar-refractivity contribution >= 4 is 0 Å². The quantitative estimate of drug-likeness (QED) is 0.494. The molecule has 0 saturated carbocycles. The molecule has 0 aliphatic carbocycles. The molecule has 0 radical (unpaired) electrons. The van der Waals surface area contributed by atoms with E-state index < -0.39 is 0 Å². The van der Waals surface area contributed by atoms with Crippen molar-refractivity contribution in [2.24, 2.45) is 0 Å². The largest absolute Gasteiger partial charge is 0.268 e. The minimum Gasteiger partial charge on any atom is -0.268 e. The maximum atomic E-state index is 10.2. The van der Waals surface area contributed by atoms with E-state index in [9.17, 15) is 9.59 Å². The summed E-state index contributed by atoms with van der Waals surface area (Å²) in [6.45, 7) is 0. The summed E-state index contributed by atoms with van der Waals surface area (Å²) in [5.41, 5.74) is -0.603. The molecule has 4 nitrogen and oxygen atoms in total. The van der Waals surface area contributed by atoms with Crippen molar-refractivity contribution in [1.29, 1.82) is 0 Å². The van der Waals surface area contributed by atoms with Gasteiger partial charge in [0.25, 0.3) is 11.1 Å². The molecule has 52 valence electrons. The number of H-pyrrole nitrogens is 2. The molecular weight excluding hydrogens is 167 g/mol. The first kappa shape index (κ1) is 8.17. The smallest absolute Gasteiger partial charge is 0.262 e. The van der Waals surface area contributed by atoms with Gasteiger partial charge in [0.05, 0.1) is 0 Å². The van der Waals surface area contributed by atoms with Gasteiger partial charge in [-0.25, -0.2) is 0 Å². The van der Waals surface area contributed by atoms with Gasteiger partial charge in [0.15, 0.2) is 0 Å². The Morgan fingerprint density at radius 1 is 1.00 bits per heavy atom. The van der Waals surface area contributed by atoms with E-state index in [1.165, 1.54) is 12.1 Å². The van der Waals surface area contributed by atoms with Crippen LogP contribution in [0.3, 0.4) is 0 Å². The fraction of sp³-hybridized carbons (Fsp3) is 0. The van der Waals surface area contributed by atoms with Crippen molar-refractivity contribution in [3.05, 3.63) is 32.8 Å². The van der Waals surface area contributed by atoms with E-state index in [1.54, 1.807) is 0 Å². The molecule has 0 spiro atoms. The average Bonchev–Trinajstić information content (AvgIpc) is 1.77. The van der Waals surface area contributed by atoms with Crippen LogP contribution in [-0.4, -0.2) is 10.2 Å². The third-order valence-electron chi connectivity index (χ3n) is 0.695. The Labute approximate surface area is 60.2 Å². The topological polar surface area (TPSA) is 65.7 Å². The summed E-state index contributed by atoms with van der Waals surface area (Å²) >= 11 is 0. The van der Waals surface area contributed by atoms with Crippen molar-refractivity contribution in [3.63, 3.8) is 0 Å². The predicted octanol–water partition coefficient (Wildman–Crippen LogP) is -0.939. The van der Waals surface area contributed by atoms with Crippen LogP contribution in [0.4, 0.5) is 0 Å². The van der Waals surface area contributed by atoms with Crippen LogP contribution < -0.4 is 11.1 Å². The van der Waals surface area contributed by atoms with Gasteiger partial charge >= 0.3 is 0 Å². The third-order valence-corrected chi connectivity index (χ3v) is 0.695. The van der Waals surface area contributed by atoms with Crippen molar-refractivity contribution in [2.45, 2.75) is 0 Å². The summed E-state index contributed by atoms with van der Waals surface area (Å²) in [6, 6.07) is 2.33. The molecule has 0 aliphatic rings. The van der Waals surface area contributed by atoms with E-state index in [2.05, 4.69) is 10.2 Å². The zero-order valence-corrected chi connectivity index (χ0v) is 5.28. The van der Waals surface area contributed by atoms with Crippen LogP contribution in [0.5, 0.6) is 0 Å². The summed E-state index contributed by atoms with van der Waals surface area (Å²) in [5.74, 6) is 0. The van der Waals surface area contributed by atoms with Crippen LogP contribution >= 0.6 is 0 Å². The molecule has 0 atom stereocenters. The molecule has 1 aromatic heterocycles. The Hall–Kier alpha value is -0.826. The minimum atomic E-state index is -0.301. The van der Waals surface area contributed by atoms with Gasteiger partial charge in [-0.15, -0.1) is 0 Å². The van der Waals surface area contributed by atoms with E-state index in [4.69, 9.17) is 0 Å². The maximum absolute atomic E-state index is 10.2. The Morgan fingerprint density at radius 3 is 1.56 bits per heavy atom. The molecule has 0 aliphatic heterocycles. The second-order valence-electron chi connectivity index (χ2n) is 1.31. The molecule has 0 aromatic carbocycles. The number of rotatable bonds is 0. The first-order chi connectivity index (χ1) is 3.79. The molecule has 0 amide bonds. The molecule has 2 N–H and O–H groups in total. The van der Waals surface area contributed by atoms with E-state index in [-0.39, 0.29) is 27.6 Å². The zero-order chi connectivity index (χ0) is 5.98. The summed E-state index contributed by atoms with van der Waals surface area (Å²) < 4.78 is 0. The first-order valence-corrected chi connectivity index (χ1v) is 2.07. The van der Waals surface area contributed by atoms with E-state index in [0.717, 1.165) is 0 Å². The summed E-state index contributed by atoms with van der Waals surface area (Å²) in [6.07, 6.45) is 0. The van der Waals surface area contributed by atoms with Crippen molar-refractivity contribution in [1.82, 2.24) is 10.2 Å². The molecule has 1 aromatic rings. The maximum Gasteiger partial charge on any atom is 0.262 e. The van der Waals surface area contributed by atoms with Crippen LogP contribution in [-0.2, 0) is 16.5 Å². The van der Waals surface area contributed by atoms with Crippen LogP contribution in [0, 0.1) is 0 Å². The molecule has 0 saturated heterocycles. The number of hydrogen-bond acceptors (Lipinski definition) is 2. The van der Waals surface area contributed by atoms with Gasteiger partial charge < -0.3 is 0 Å². The van der Waals surface area contributed by atoms with E-state index in [0.29, 0.717) is 0 Å². The SMILES string of the molecule is O=c1ccc(=O)[nH][nH]1.[Ni]. The third kappa shape index (κ3) is 2.28. The van der Waals surface area contributed by atoms with Crippen molar-refractivity contribution in [3.8, 4) is 0 Å². The zero-order valence-electron chi connectivity index (χ0n) is 4.29. The van der Waals surface area contributed by atoms with Crippen LogP contribution in [0.2, 0.25) is 0 Å². The van der Waals surface area contributed by atoms with Crippen LogP contribution in [0.25, 0.3) is 0 Å². The fourth-order valence-corrected chi connectivity index (χ4v) is 0.358. The van der Waals surface area contributed by atoms with E-state index in [1.807, 2.05) is 0 Å². The van der Waals surface area contributed by atoms with E-state index >= 15 is 0 Å². The standard InChI is InChI=1S/C4H4N2O2.Ni/c7-3-1-2-4(8)6-5-3;/h1-2H,(H,5,7)(H,6,8);. The Bertz CT molecular complexity index is 224. The van der Waals surface area contributed by atoms with Gasteiger partial charge in [-0.05, 0) is 0 Å². The monoisotopic (exact) mass is 170 g/mol. The molecule has 9 heavy (non-hydrogen) atoms. The predicted molar refractivity (Wildman–Crippen MR) is 27.7 cm³/mol.